The molecule has 21 heavy (non-hydrogen) atoms. The lowest BCUT2D eigenvalue weighted by atomic mass is 10.2. The summed E-state index contributed by atoms with van der Waals surface area (Å²) in [6.07, 6.45) is 0. The number of benzene rings is 1. The normalized spacial score (nSPS) is 10.7. The van der Waals surface area contributed by atoms with E-state index < -0.39 is 0 Å². The van der Waals surface area contributed by atoms with Crippen LogP contribution in [-0.2, 0) is 11.3 Å². The summed E-state index contributed by atoms with van der Waals surface area (Å²) in [6, 6.07) is 9.43. The standard InChI is InChI=1S/C15H19N3O3/c1-11-8-15(21-17-11)16-14(19)10-18(2)9-12-6-4-5-7-13(12)20-3/h4-8H,9-10H2,1-3H3,(H,16,19). The molecule has 1 aromatic carbocycles. The third-order valence-corrected chi connectivity index (χ3v) is 2.94. The maximum Gasteiger partial charge on any atom is 0.240 e. The molecule has 0 unspecified atom stereocenters. The van der Waals surface area contributed by atoms with Gasteiger partial charge in [-0.25, -0.2) is 0 Å². The van der Waals surface area contributed by atoms with Crippen LogP contribution in [0.1, 0.15) is 11.3 Å². The van der Waals surface area contributed by atoms with Crippen molar-refractivity contribution in [2.75, 3.05) is 26.0 Å². The highest BCUT2D eigenvalue weighted by molar-refractivity contribution is 5.90. The molecule has 6 nitrogen and oxygen atoms in total. The van der Waals surface area contributed by atoms with Gasteiger partial charge in [0.2, 0.25) is 11.8 Å². The molecule has 0 atom stereocenters. The summed E-state index contributed by atoms with van der Waals surface area (Å²) >= 11 is 0. The van der Waals surface area contributed by atoms with Crippen LogP contribution in [0.25, 0.3) is 0 Å². The number of hydrogen-bond acceptors (Lipinski definition) is 5. The number of aryl methyl sites for hydroxylation is 1. The minimum Gasteiger partial charge on any atom is -0.496 e. The van der Waals surface area contributed by atoms with Gasteiger partial charge in [0.15, 0.2) is 0 Å². The molecular weight excluding hydrogens is 270 g/mol. The van der Waals surface area contributed by atoms with Gasteiger partial charge in [-0.1, -0.05) is 23.4 Å². The number of rotatable bonds is 6. The largest absolute Gasteiger partial charge is 0.496 e. The number of carbonyl (C=O) groups excluding carboxylic acids is 1. The van der Waals surface area contributed by atoms with Crippen molar-refractivity contribution in [3.8, 4) is 5.75 Å². The van der Waals surface area contributed by atoms with Crippen LogP contribution in [0.3, 0.4) is 0 Å². The SMILES string of the molecule is COc1ccccc1CN(C)CC(=O)Nc1cc(C)no1. The molecule has 112 valence electrons. The average molecular weight is 289 g/mol. The predicted octanol–water partition coefficient (Wildman–Crippen LogP) is 2.06. The van der Waals surface area contributed by atoms with Crippen molar-refractivity contribution in [1.29, 1.82) is 0 Å². The van der Waals surface area contributed by atoms with E-state index in [0.29, 0.717) is 12.4 Å². The van der Waals surface area contributed by atoms with Gasteiger partial charge in [0.25, 0.3) is 0 Å². The fraction of sp³-hybridized carbons (Fsp3) is 0.333. The summed E-state index contributed by atoms with van der Waals surface area (Å²) < 4.78 is 10.2. The van der Waals surface area contributed by atoms with Gasteiger partial charge in [-0.05, 0) is 20.0 Å². The first-order valence-corrected chi connectivity index (χ1v) is 6.62. The number of nitrogens with zero attached hydrogens (tertiary/aromatic N) is 2. The Bertz CT molecular complexity index is 610. The van der Waals surface area contributed by atoms with Crippen molar-refractivity contribution >= 4 is 11.8 Å². The van der Waals surface area contributed by atoms with Gasteiger partial charge in [0.1, 0.15) is 5.75 Å². The highest BCUT2D eigenvalue weighted by atomic mass is 16.5. The third kappa shape index (κ3) is 4.32. The highest BCUT2D eigenvalue weighted by Gasteiger charge is 2.11. The second kappa shape index (κ2) is 6.90. The van der Waals surface area contributed by atoms with Gasteiger partial charge in [0.05, 0.1) is 19.3 Å². The molecule has 1 aromatic heterocycles. The summed E-state index contributed by atoms with van der Waals surface area (Å²) in [7, 11) is 3.51. The van der Waals surface area contributed by atoms with Crippen molar-refractivity contribution in [2.45, 2.75) is 13.5 Å². The Kier molecular flexibility index (Phi) is 4.94. The number of ether oxygens (including phenoxy) is 1. The van der Waals surface area contributed by atoms with Gasteiger partial charge in [-0.2, -0.15) is 0 Å². The Morgan fingerprint density at radius 3 is 2.86 bits per heavy atom. The number of para-hydroxylation sites is 1. The van der Waals surface area contributed by atoms with E-state index in [0.717, 1.165) is 17.0 Å². The smallest absolute Gasteiger partial charge is 0.240 e. The quantitative estimate of drug-likeness (QED) is 0.881. The summed E-state index contributed by atoms with van der Waals surface area (Å²) in [6.45, 7) is 2.66. The number of carbonyl (C=O) groups is 1. The molecule has 1 amide bonds. The number of anilines is 1. The van der Waals surface area contributed by atoms with Crippen molar-refractivity contribution in [3.63, 3.8) is 0 Å². The van der Waals surface area contributed by atoms with Crippen LogP contribution >= 0.6 is 0 Å². The van der Waals surface area contributed by atoms with E-state index in [2.05, 4.69) is 10.5 Å². The fourth-order valence-corrected chi connectivity index (χ4v) is 2.02. The molecule has 6 heteroatoms. The molecular formula is C15H19N3O3. The number of amides is 1. The Hall–Kier alpha value is -2.34. The maximum atomic E-state index is 11.9. The molecule has 0 aliphatic rings. The fourth-order valence-electron chi connectivity index (χ4n) is 2.02. The molecule has 0 saturated heterocycles. The van der Waals surface area contributed by atoms with Crippen LogP contribution in [0.4, 0.5) is 5.88 Å². The second-order valence-electron chi connectivity index (χ2n) is 4.86. The first-order valence-electron chi connectivity index (χ1n) is 6.62. The van der Waals surface area contributed by atoms with E-state index in [4.69, 9.17) is 9.26 Å². The van der Waals surface area contributed by atoms with Crippen molar-refractivity contribution < 1.29 is 14.1 Å². The van der Waals surface area contributed by atoms with Crippen LogP contribution in [-0.4, -0.2) is 36.7 Å². The molecule has 2 rings (SSSR count). The monoisotopic (exact) mass is 289 g/mol. The zero-order valence-electron chi connectivity index (χ0n) is 12.4. The molecule has 2 aromatic rings. The van der Waals surface area contributed by atoms with E-state index in [9.17, 15) is 4.79 Å². The summed E-state index contributed by atoms with van der Waals surface area (Å²) in [5, 5.41) is 6.39. The van der Waals surface area contributed by atoms with Gasteiger partial charge in [-0.3, -0.25) is 15.0 Å². The Morgan fingerprint density at radius 1 is 1.43 bits per heavy atom. The van der Waals surface area contributed by atoms with Crippen LogP contribution in [0, 0.1) is 6.92 Å². The zero-order chi connectivity index (χ0) is 15.2. The van der Waals surface area contributed by atoms with Crippen molar-refractivity contribution in [1.82, 2.24) is 10.1 Å². The number of methoxy groups -OCH3 is 1. The Labute approximate surface area is 123 Å². The zero-order valence-corrected chi connectivity index (χ0v) is 12.4. The second-order valence-corrected chi connectivity index (χ2v) is 4.86. The predicted molar refractivity (Wildman–Crippen MR) is 79.2 cm³/mol. The highest BCUT2D eigenvalue weighted by Crippen LogP contribution is 2.18. The van der Waals surface area contributed by atoms with E-state index in [1.807, 2.05) is 36.2 Å². The van der Waals surface area contributed by atoms with Gasteiger partial charge < -0.3 is 9.26 Å². The Morgan fingerprint density at radius 2 is 2.19 bits per heavy atom. The number of aromatic nitrogens is 1. The minimum atomic E-state index is -0.149. The van der Waals surface area contributed by atoms with Crippen molar-refractivity contribution in [2.24, 2.45) is 0 Å². The lowest BCUT2D eigenvalue weighted by Gasteiger charge is -2.17. The molecule has 0 aliphatic heterocycles. The lowest BCUT2D eigenvalue weighted by molar-refractivity contribution is -0.117. The number of likely N-dealkylation sites (N-methyl/N-ethyl adjacent to an activating group) is 1. The first-order chi connectivity index (χ1) is 10.1. The van der Waals surface area contributed by atoms with Gasteiger partial charge in [-0.15, -0.1) is 0 Å². The third-order valence-electron chi connectivity index (χ3n) is 2.94. The van der Waals surface area contributed by atoms with Gasteiger partial charge in [0, 0.05) is 18.2 Å². The van der Waals surface area contributed by atoms with E-state index in [-0.39, 0.29) is 12.5 Å². The van der Waals surface area contributed by atoms with E-state index in [1.165, 1.54) is 0 Å². The summed E-state index contributed by atoms with van der Waals surface area (Å²) in [5.74, 6) is 1.03. The molecule has 0 fully saturated rings. The Balaban J connectivity index is 1.89. The van der Waals surface area contributed by atoms with Crippen LogP contribution in [0.2, 0.25) is 0 Å². The maximum absolute atomic E-state index is 11.9. The van der Waals surface area contributed by atoms with Crippen LogP contribution in [0.5, 0.6) is 5.75 Å². The molecule has 1 heterocycles. The van der Waals surface area contributed by atoms with Crippen molar-refractivity contribution in [3.05, 3.63) is 41.6 Å². The van der Waals surface area contributed by atoms with Crippen LogP contribution < -0.4 is 10.1 Å². The van der Waals surface area contributed by atoms with E-state index in [1.54, 1.807) is 20.1 Å². The van der Waals surface area contributed by atoms with E-state index >= 15 is 0 Å². The molecule has 0 bridgehead atoms. The molecule has 0 radical (unpaired) electrons. The molecule has 0 aliphatic carbocycles. The van der Waals surface area contributed by atoms with Gasteiger partial charge >= 0.3 is 0 Å². The number of hydrogen-bond donors (Lipinski definition) is 1. The minimum absolute atomic E-state index is 0.149. The molecule has 1 N–H and O–H groups in total. The topological polar surface area (TPSA) is 67.6 Å². The summed E-state index contributed by atoms with van der Waals surface area (Å²) in [4.78, 5) is 13.8. The molecule has 0 spiro atoms. The van der Waals surface area contributed by atoms with Crippen LogP contribution in [0.15, 0.2) is 34.9 Å². The summed E-state index contributed by atoms with van der Waals surface area (Å²) in [5.41, 5.74) is 1.76. The average Bonchev–Trinajstić information content (AvgIpc) is 2.84. The number of nitrogens with one attached hydrogen (secondary N) is 1. The lowest BCUT2D eigenvalue weighted by Crippen LogP contribution is -2.29. The molecule has 0 saturated carbocycles. The first kappa shape index (κ1) is 15.1.